The molecule has 0 aliphatic carbocycles. The Balaban J connectivity index is 2.00. The van der Waals surface area contributed by atoms with Gasteiger partial charge in [0.25, 0.3) is 0 Å². The van der Waals surface area contributed by atoms with E-state index in [1.807, 2.05) is 0 Å². The van der Waals surface area contributed by atoms with Crippen LogP contribution in [0.1, 0.15) is 25.8 Å². The zero-order valence-electron chi connectivity index (χ0n) is 14.7. The van der Waals surface area contributed by atoms with Gasteiger partial charge in [0.05, 0.1) is 11.5 Å². The van der Waals surface area contributed by atoms with Crippen LogP contribution < -0.4 is 10.6 Å². The van der Waals surface area contributed by atoms with Gasteiger partial charge in [0.2, 0.25) is 5.91 Å². The molecule has 1 heterocycles. The number of nitrogens with zero attached hydrogens (tertiary/aromatic N) is 1. The van der Waals surface area contributed by atoms with E-state index in [-0.39, 0.29) is 31.2 Å². The van der Waals surface area contributed by atoms with Crippen molar-refractivity contribution in [3.05, 3.63) is 29.6 Å². The van der Waals surface area contributed by atoms with Gasteiger partial charge in [-0.2, -0.15) is 13.2 Å². The number of hydrogen-bond acceptors (Lipinski definition) is 3. The van der Waals surface area contributed by atoms with Crippen LogP contribution in [0.15, 0.2) is 18.2 Å². The number of halogens is 4. The Morgan fingerprint density at radius 2 is 1.89 bits per heavy atom. The summed E-state index contributed by atoms with van der Waals surface area (Å²) in [5.41, 5.74) is -1.68. The maximum Gasteiger partial charge on any atom is 0.419 e. The number of amides is 3. The van der Waals surface area contributed by atoms with Crippen molar-refractivity contribution in [1.29, 1.82) is 0 Å². The third kappa shape index (κ3) is 5.18. The van der Waals surface area contributed by atoms with Crippen LogP contribution in [0, 0.1) is 11.7 Å². The van der Waals surface area contributed by atoms with Crippen LogP contribution in [0.25, 0.3) is 0 Å². The standard InChI is InChI=1S/C17H19F4N3O3/c1-9(2)22-15(26)16(27)24-6-5-10(8-24)14(25)23-11-3-4-13(18)12(7-11)17(19,20)21/h3-4,7,9-10H,5-6,8H2,1-2H3,(H,22,26)(H,23,25). The fraction of sp³-hybridized carbons (Fsp3) is 0.471. The third-order valence-corrected chi connectivity index (χ3v) is 4.00. The molecule has 0 aromatic heterocycles. The summed E-state index contributed by atoms with van der Waals surface area (Å²) in [6, 6.07) is 1.95. The molecule has 0 bridgehead atoms. The van der Waals surface area contributed by atoms with Gasteiger partial charge in [-0.3, -0.25) is 14.4 Å². The number of carbonyl (C=O) groups excluding carboxylic acids is 3. The van der Waals surface area contributed by atoms with E-state index in [4.69, 9.17) is 0 Å². The van der Waals surface area contributed by atoms with E-state index in [2.05, 4.69) is 10.6 Å². The second kappa shape index (κ2) is 7.93. The van der Waals surface area contributed by atoms with Gasteiger partial charge < -0.3 is 15.5 Å². The largest absolute Gasteiger partial charge is 0.419 e. The van der Waals surface area contributed by atoms with Crippen molar-refractivity contribution < 1.29 is 31.9 Å². The average molecular weight is 389 g/mol. The molecule has 0 radical (unpaired) electrons. The summed E-state index contributed by atoms with van der Waals surface area (Å²) in [7, 11) is 0. The highest BCUT2D eigenvalue weighted by molar-refractivity contribution is 6.35. The predicted octanol–water partition coefficient (Wildman–Crippen LogP) is 2.16. The van der Waals surface area contributed by atoms with Gasteiger partial charge in [-0.25, -0.2) is 4.39 Å². The van der Waals surface area contributed by atoms with Crippen LogP contribution in [-0.4, -0.2) is 41.8 Å². The van der Waals surface area contributed by atoms with Crippen LogP contribution in [0.2, 0.25) is 0 Å². The maximum absolute atomic E-state index is 13.3. The molecule has 1 aromatic carbocycles. The van der Waals surface area contributed by atoms with Crippen molar-refractivity contribution in [1.82, 2.24) is 10.2 Å². The molecule has 1 atom stereocenters. The first kappa shape index (κ1) is 20.7. The van der Waals surface area contributed by atoms with Crippen molar-refractivity contribution in [2.45, 2.75) is 32.5 Å². The smallest absolute Gasteiger partial charge is 0.346 e. The highest BCUT2D eigenvalue weighted by Crippen LogP contribution is 2.33. The second-order valence-electron chi connectivity index (χ2n) is 6.55. The molecule has 1 fully saturated rings. The Morgan fingerprint density at radius 1 is 1.22 bits per heavy atom. The van der Waals surface area contributed by atoms with Crippen LogP contribution in [0.3, 0.4) is 0 Å². The first-order valence-electron chi connectivity index (χ1n) is 8.26. The lowest BCUT2D eigenvalue weighted by Crippen LogP contribution is -2.44. The van der Waals surface area contributed by atoms with Gasteiger partial charge in [-0.1, -0.05) is 0 Å². The van der Waals surface area contributed by atoms with Crippen LogP contribution in [0.4, 0.5) is 23.2 Å². The Hall–Kier alpha value is -2.65. The molecule has 10 heteroatoms. The van der Waals surface area contributed by atoms with E-state index in [9.17, 15) is 31.9 Å². The van der Waals surface area contributed by atoms with E-state index in [0.29, 0.717) is 12.1 Å². The van der Waals surface area contributed by atoms with Gasteiger partial charge in [-0.05, 0) is 38.5 Å². The van der Waals surface area contributed by atoms with Crippen molar-refractivity contribution in [3.8, 4) is 0 Å². The summed E-state index contributed by atoms with van der Waals surface area (Å²) in [5, 5.41) is 4.76. The van der Waals surface area contributed by atoms with E-state index >= 15 is 0 Å². The van der Waals surface area contributed by atoms with Gasteiger partial charge in [-0.15, -0.1) is 0 Å². The zero-order chi connectivity index (χ0) is 20.4. The average Bonchev–Trinajstić information content (AvgIpc) is 3.04. The summed E-state index contributed by atoms with van der Waals surface area (Å²) in [4.78, 5) is 37.2. The predicted molar refractivity (Wildman–Crippen MR) is 88.0 cm³/mol. The van der Waals surface area contributed by atoms with Crippen molar-refractivity contribution in [2.24, 2.45) is 5.92 Å². The van der Waals surface area contributed by atoms with Crippen molar-refractivity contribution >= 4 is 23.4 Å². The lowest BCUT2D eigenvalue weighted by atomic mass is 10.1. The molecule has 1 aliphatic heterocycles. The van der Waals surface area contributed by atoms with Crippen molar-refractivity contribution in [3.63, 3.8) is 0 Å². The minimum absolute atomic E-state index is 0.0243. The molecule has 2 N–H and O–H groups in total. The van der Waals surface area contributed by atoms with Crippen LogP contribution in [-0.2, 0) is 20.6 Å². The molecular formula is C17H19F4N3O3. The Labute approximate surface area is 152 Å². The molecule has 1 saturated heterocycles. The fourth-order valence-corrected chi connectivity index (χ4v) is 2.69. The summed E-state index contributed by atoms with van der Waals surface area (Å²) < 4.78 is 51.5. The SMILES string of the molecule is CC(C)NC(=O)C(=O)N1CCC(C(=O)Nc2ccc(F)c(C(F)(F)F)c2)C1. The van der Waals surface area contributed by atoms with E-state index in [0.717, 1.165) is 6.07 Å². The number of nitrogens with one attached hydrogen (secondary N) is 2. The van der Waals surface area contributed by atoms with Crippen molar-refractivity contribution in [2.75, 3.05) is 18.4 Å². The van der Waals surface area contributed by atoms with Gasteiger partial charge in [0.15, 0.2) is 0 Å². The minimum atomic E-state index is -4.88. The monoisotopic (exact) mass is 389 g/mol. The third-order valence-electron chi connectivity index (χ3n) is 4.00. The highest BCUT2D eigenvalue weighted by Gasteiger charge is 2.36. The fourth-order valence-electron chi connectivity index (χ4n) is 2.69. The molecular weight excluding hydrogens is 370 g/mol. The maximum atomic E-state index is 13.3. The van der Waals surface area contributed by atoms with E-state index in [1.165, 1.54) is 4.90 Å². The highest BCUT2D eigenvalue weighted by atomic mass is 19.4. The van der Waals surface area contributed by atoms with E-state index < -0.39 is 41.2 Å². The van der Waals surface area contributed by atoms with Crippen LogP contribution >= 0.6 is 0 Å². The van der Waals surface area contributed by atoms with E-state index in [1.54, 1.807) is 13.8 Å². The van der Waals surface area contributed by atoms with Gasteiger partial charge in [0.1, 0.15) is 5.82 Å². The lowest BCUT2D eigenvalue weighted by molar-refractivity contribution is -0.145. The summed E-state index contributed by atoms with van der Waals surface area (Å²) in [5.74, 6) is -4.26. The molecule has 3 amide bonds. The summed E-state index contributed by atoms with van der Waals surface area (Å²) in [6.45, 7) is 3.55. The topological polar surface area (TPSA) is 78.5 Å². The number of carbonyl (C=O) groups is 3. The van der Waals surface area contributed by atoms with Crippen LogP contribution in [0.5, 0.6) is 0 Å². The Bertz CT molecular complexity index is 749. The first-order valence-corrected chi connectivity index (χ1v) is 8.26. The molecule has 6 nitrogen and oxygen atoms in total. The number of anilines is 1. The molecule has 1 unspecified atom stereocenters. The van der Waals surface area contributed by atoms with Gasteiger partial charge in [0, 0.05) is 24.8 Å². The Kier molecular flexibility index (Phi) is 6.07. The summed E-state index contributed by atoms with van der Waals surface area (Å²) in [6.07, 6.45) is -4.62. The number of rotatable bonds is 3. The zero-order valence-corrected chi connectivity index (χ0v) is 14.7. The molecule has 27 heavy (non-hydrogen) atoms. The number of alkyl halides is 3. The number of hydrogen-bond donors (Lipinski definition) is 2. The molecule has 1 aliphatic rings. The normalized spacial score (nSPS) is 17.1. The van der Waals surface area contributed by atoms with Gasteiger partial charge >= 0.3 is 18.0 Å². The first-order chi connectivity index (χ1) is 12.5. The molecule has 1 aromatic rings. The number of benzene rings is 1. The second-order valence-corrected chi connectivity index (χ2v) is 6.55. The molecule has 2 rings (SSSR count). The lowest BCUT2D eigenvalue weighted by Gasteiger charge is -2.17. The quantitative estimate of drug-likeness (QED) is 0.614. The number of likely N-dealkylation sites (tertiary alicyclic amines) is 1. The summed E-state index contributed by atoms with van der Waals surface area (Å²) >= 11 is 0. The molecule has 0 saturated carbocycles. The minimum Gasteiger partial charge on any atom is -0.346 e. The molecule has 148 valence electrons. The Morgan fingerprint density at radius 3 is 2.48 bits per heavy atom. The molecule has 0 spiro atoms.